The Morgan fingerprint density at radius 1 is 1.18 bits per heavy atom. The summed E-state index contributed by atoms with van der Waals surface area (Å²) in [5.41, 5.74) is 6.14. The molecule has 90 valence electrons. The van der Waals surface area contributed by atoms with Gasteiger partial charge in [-0.1, -0.05) is 48.6 Å². The van der Waals surface area contributed by atoms with Crippen LogP contribution in [-0.4, -0.2) is 12.7 Å². The zero-order valence-corrected chi connectivity index (χ0v) is 9.71. The Morgan fingerprint density at radius 3 is 2.59 bits per heavy atom. The minimum atomic E-state index is -0.747. The highest BCUT2D eigenvalue weighted by Crippen LogP contribution is 2.02. The molecule has 1 amide bonds. The normalized spacial score (nSPS) is 11.1. The number of hydrogen-bond acceptors (Lipinski definition) is 2. The van der Waals surface area contributed by atoms with Gasteiger partial charge in [0.25, 0.3) is 0 Å². The van der Waals surface area contributed by atoms with Crippen LogP contribution in [0.25, 0.3) is 0 Å². The molecule has 0 aromatic heterocycles. The minimum absolute atomic E-state index is 0.221. The lowest BCUT2D eigenvalue weighted by Crippen LogP contribution is -2.12. The molecule has 0 saturated heterocycles. The first-order valence-corrected chi connectivity index (χ1v) is 5.57. The first-order chi connectivity index (χ1) is 8.29. The number of amides is 1. The minimum Gasteiger partial charge on any atom is -0.445 e. The Kier molecular flexibility index (Phi) is 6.26. The molecule has 0 aliphatic carbocycles. The number of carbonyl (C=O) groups is 1. The molecular formula is C14H17NO2. The average Bonchev–Trinajstić information content (AvgIpc) is 2.33. The summed E-state index contributed by atoms with van der Waals surface area (Å²) in [4.78, 5) is 10.2. The first-order valence-electron chi connectivity index (χ1n) is 5.57. The number of nitrogens with two attached hydrogens (primary N) is 1. The zero-order valence-electron chi connectivity index (χ0n) is 9.71. The van der Waals surface area contributed by atoms with Gasteiger partial charge in [-0.2, -0.15) is 0 Å². The predicted molar refractivity (Wildman–Crippen MR) is 68.6 cm³/mol. The molecule has 1 aromatic carbocycles. The van der Waals surface area contributed by atoms with E-state index in [2.05, 4.69) is 22.9 Å². The van der Waals surface area contributed by atoms with Crippen molar-refractivity contribution >= 4 is 6.09 Å². The van der Waals surface area contributed by atoms with E-state index in [1.165, 1.54) is 5.56 Å². The molecule has 17 heavy (non-hydrogen) atoms. The van der Waals surface area contributed by atoms with Gasteiger partial charge in [-0.15, -0.1) is 0 Å². The molecule has 0 radical (unpaired) electrons. The zero-order chi connectivity index (χ0) is 12.3. The van der Waals surface area contributed by atoms with Crippen LogP contribution >= 0.6 is 0 Å². The number of allylic oxidation sites excluding steroid dienone is 3. The van der Waals surface area contributed by atoms with Crippen molar-refractivity contribution in [3.05, 3.63) is 60.2 Å². The Labute approximate surface area is 102 Å². The van der Waals surface area contributed by atoms with Gasteiger partial charge in [-0.05, 0) is 24.5 Å². The molecule has 0 aliphatic heterocycles. The van der Waals surface area contributed by atoms with Crippen LogP contribution in [0.2, 0.25) is 0 Å². The maximum absolute atomic E-state index is 10.2. The van der Waals surface area contributed by atoms with E-state index in [1.807, 2.05) is 30.4 Å². The molecule has 0 atom stereocenters. The summed E-state index contributed by atoms with van der Waals surface area (Å²) in [5, 5.41) is 0. The topological polar surface area (TPSA) is 52.3 Å². The van der Waals surface area contributed by atoms with Crippen molar-refractivity contribution in [2.45, 2.75) is 12.8 Å². The Balaban J connectivity index is 2.12. The molecule has 0 aliphatic rings. The van der Waals surface area contributed by atoms with Crippen molar-refractivity contribution in [3.8, 4) is 0 Å². The number of benzene rings is 1. The van der Waals surface area contributed by atoms with E-state index < -0.39 is 6.09 Å². The summed E-state index contributed by atoms with van der Waals surface area (Å²) in [6, 6.07) is 10.3. The van der Waals surface area contributed by atoms with Crippen LogP contribution in [0, 0.1) is 0 Å². The Hall–Kier alpha value is -2.03. The fourth-order valence-electron chi connectivity index (χ4n) is 1.33. The fourth-order valence-corrected chi connectivity index (χ4v) is 1.33. The standard InChI is InChI=1S/C14H17NO2/c15-14(16)17-12-8-3-1-2-5-9-13-10-6-4-7-11-13/h1-4,6-8,10-11H,5,9,12H2,(H2,15,16)/b2-1+,8-3+. The molecule has 0 bridgehead atoms. The first kappa shape index (κ1) is 13.0. The largest absolute Gasteiger partial charge is 0.445 e. The summed E-state index contributed by atoms with van der Waals surface area (Å²) < 4.78 is 4.54. The highest BCUT2D eigenvalue weighted by molar-refractivity contribution is 5.64. The average molecular weight is 231 g/mol. The molecule has 1 rings (SSSR count). The van der Waals surface area contributed by atoms with Gasteiger partial charge in [-0.25, -0.2) is 4.79 Å². The molecule has 2 N–H and O–H groups in total. The Bertz CT molecular complexity index is 382. The van der Waals surface area contributed by atoms with Crippen molar-refractivity contribution in [3.63, 3.8) is 0 Å². The number of ether oxygens (including phenoxy) is 1. The lowest BCUT2D eigenvalue weighted by molar-refractivity contribution is 0.169. The van der Waals surface area contributed by atoms with Crippen molar-refractivity contribution in [1.82, 2.24) is 0 Å². The molecule has 1 aromatic rings. The van der Waals surface area contributed by atoms with Crippen LogP contribution in [0.5, 0.6) is 0 Å². The summed E-state index contributed by atoms with van der Waals surface area (Å²) in [5.74, 6) is 0. The second-order valence-corrected chi connectivity index (χ2v) is 3.51. The number of carbonyl (C=O) groups excluding carboxylic acids is 1. The van der Waals surface area contributed by atoms with Gasteiger partial charge < -0.3 is 10.5 Å². The summed E-state index contributed by atoms with van der Waals surface area (Å²) in [6.07, 6.45) is 8.87. The van der Waals surface area contributed by atoms with E-state index in [-0.39, 0.29) is 6.61 Å². The fraction of sp³-hybridized carbons (Fsp3) is 0.214. The summed E-state index contributed by atoms with van der Waals surface area (Å²) in [7, 11) is 0. The van der Waals surface area contributed by atoms with Crippen molar-refractivity contribution in [2.24, 2.45) is 5.73 Å². The quantitative estimate of drug-likeness (QED) is 0.765. The number of primary amides is 1. The molecular weight excluding hydrogens is 214 g/mol. The van der Waals surface area contributed by atoms with E-state index in [0.717, 1.165) is 12.8 Å². The van der Waals surface area contributed by atoms with Gasteiger partial charge in [0, 0.05) is 0 Å². The summed E-state index contributed by atoms with van der Waals surface area (Å²) in [6.45, 7) is 0.221. The molecule has 0 fully saturated rings. The van der Waals surface area contributed by atoms with Crippen molar-refractivity contribution in [1.29, 1.82) is 0 Å². The molecule has 0 saturated carbocycles. The number of rotatable bonds is 6. The van der Waals surface area contributed by atoms with Crippen molar-refractivity contribution in [2.75, 3.05) is 6.61 Å². The smallest absolute Gasteiger partial charge is 0.404 e. The van der Waals surface area contributed by atoms with Gasteiger partial charge in [-0.3, -0.25) is 0 Å². The van der Waals surface area contributed by atoms with E-state index in [0.29, 0.717) is 0 Å². The second-order valence-electron chi connectivity index (χ2n) is 3.51. The van der Waals surface area contributed by atoms with E-state index in [1.54, 1.807) is 6.08 Å². The van der Waals surface area contributed by atoms with Crippen LogP contribution in [0.1, 0.15) is 12.0 Å². The monoisotopic (exact) mass is 231 g/mol. The van der Waals surface area contributed by atoms with Crippen LogP contribution in [0.15, 0.2) is 54.6 Å². The van der Waals surface area contributed by atoms with Crippen molar-refractivity contribution < 1.29 is 9.53 Å². The van der Waals surface area contributed by atoms with Gasteiger partial charge in [0.1, 0.15) is 6.61 Å². The number of aryl methyl sites for hydroxylation is 1. The number of hydrogen-bond donors (Lipinski definition) is 1. The summed E-state index contributed by atoms with van der Waals surface area (Å²) >= 11 is 0. The molecule has 0 unspecified atom stereocenters. The van der Waals surface area contributed by atoms with E-state index in [9.17, 15) is 4.79 Å². The van der Waals surface area contributed by atoms with Crippen LogP contribution in [-0.2, 0) is 11.2 Å². The second kappa shape index (κ2) is 8.16. The highest BCUT2D eigenvalue weighted by atomic mass is 16.5. The SMILES string of the molecule is NC(=O)OC/C=C/C=C/CCc1ccccc1. The van der Waals surface area contributed by atoms with Gasteiger partial charge in [0.2, 0.25) is 0 Å². The van der Waals surface area contributed by atoms with Gasteiger partial charge in [0.05, 0.1) is 0 Å². The third-order valence-corrected chi connectivity index (χ3v) is 2.15. The Morgan fingerprint density at radius 2 is 1.88 bits per heavy atom. The lowest BCUT2D eigenvalue weighted by Gasteiger charge is -1.95. The maximum atomic E-state index is 10.2. The third kappa shape index (κ3) is 6.95. The van der Waals surface area contributed by atoms with Gasteiger partial charge in [0.15, 0.2) is 0 Å². The van der Waals surface area contributed by atoms with Crippen LogP contribution < -0.4 is 5.73 Å². The van der Waals surface area contributed by atoms with Gasteiger partial charge >= 0.3 is 6.09 Å². The third-order valence-electron chi connectivity index (χ3n) is 2.15. The molecule has 3 heteroatoms. The van der Waals surface area contributed by atoms with E-state index >= 15 is 0 Å². The van der Waals surface area contributed by atoms with Crippen LogP contribution in [0.3, 0.4) is 0 Å². The molecule has 0 spiro atoms. The molecule has 0 heterocycles. The van der Waals surface area contributed by atoms with E-state index in [4.69, 9.17) is 5.73 Å². The molecule has 3 nitrogen and oxygen atoms in total. The maximum Gasteiger partial charge on any atom is 0.404 e. The highest BCUT2D eigenvalue weighted by Gasteiger charge is 1.88. The lowest BCUT2D eigenvalue weighted by atomic mass is 10.1. The van der Waals surface area contributed by atoms with Crippen LogP contribution in [0.4, 0.5) is 4.79 Å². The predicted octanol–water partition coefficient (Wildman–Crippen LogP) is 2.83.